The zero-order chi connectivity index (χ0) is 6.85. The van der Waals surface area contributed by atoms with Crippen molar-refractivity contribution in [1.29, 1.82) is 0 Å². The molecule has 1 radical (unpaired) electrons. The minimum atomic E-state index is -0.739. The number of carbonyl (C=O) groups is 1. The van der Waals surface area contributed by atoms with Crippen molar-refractivity contribution in [2.24, 2.45) is 4.99 Å². The zero-order valence-electron chi connectivity index (χ0n) is 4.21. The number of nitrogens with zero attached hydrogens (tertiary/aromatic N) is 2. The van der Waals surface area contributed by atoms with Gasteiger partial charge in [0.1, 0.15) is 5.03 Å². The summed E-state index contributed by atoms with van der Waals surface area (Å²) in [6.45, 7) is 0. The van der Waals surface area contributed by atoms with Gasteiger partial charge in [-0.2, -0.15) is 10.3 Å². The van der Waals surface area contributed by atoms with Gasteiger partial charge in [0.2, 0.25) is 5.90 Å². The first kappa shape index (κ1) is 6.10. The predicted octanol–water partition coefficient (Wildman–Crippen LogP) is 0.761. The largest absolute Gasteiger partial charge is 0.492 e. The van der Waals surface area contributed by atoms with Crippen molar-refractivity contribution < 1.29 is 9.90 Å². The molecule has 9 heavy (non-hydrogen) atoms. The third-order valence-electron chi connectivity index (χ3n) is 0.703. The van der Waals surface area contributed by atoms with Crippen LogP contribution >= 0.6 is 11.6 Å². The molecule has 0 aromatic carbocycles. The molecule has 0 saturated carbocycles. The lowest BCUT2D eigenvalue weighted by atomic mass is 10.5. The van der Waals surface area contributed by atoms with E-state index in [1.165, 1.54) is 0 Å². The standard InChI is InChI=1S/C4H2ClN2O2/c5-2-1-6-4(9)7-3(2)8/h1H,(H,7,8,9). The summed E-state index contributed by atoms with van der Waals surface area (Å²) < 4.78 is 0. The lowest BCUT2D eigenvalue weighted by Gasteiger charge is -1.99. The molecule has 1 heterocycles. The molecule has 1 N–H and O–H groups in total. The molecule has 1 aliphatic heterocycles. The van der Waals surface area contributed by atoms with Crippen molar-refractivity contribution in [2.75, 3.05) is 0 Å². The number of amides is 2. The van der Waals surface area contributed by atoms with Crippen molar-refractivity contribution in [2.45, 2.75) is 0 Å². The van der Waals surface area contributed by atoms with Gasteiger partial charge < -0.3 is 5.11 Å². The third-order valence-corrected chi connectivity index (χ3v) is 0.970. The maximum absolute atomic E-state index is 10.2. The number of rotatable bonds is 0. The van der Waals surface area contributed by atoms with Crippen LogP contribution in [0.2, 0.25) is 0 Å². The van der Waals surface area contributed by atoms with Crippen molar-refractivity contribution in [3.63, 3.8) is 0 Å². The smallest absolute Gasteiger partial charge is 0.370 e. The van der Waals surface area contributed by atoms with Crippen LogP contribution in [0.1, 0.15) is 0 Å². The van der Waals surface area contributed by atoms with Crippen LogP contribution in [0.15, 0.2) is 16.2 Å². The molecule has 0 aromatic heterocycles. The van der Waals surface area contributed by atoms with E-state index in [0.717, 1.165) is 6.20 Å². The van der Waals surface area contributed by atoms with E-state index in [-0.39, 0.29) is 5.03 Å². The molecular formula is C4H2ClN2O2. The Hall–Kier alpha value is -1.03. The average molecular weight is 146 g/mol. The lowest BCUT2D eigenvalue weighted by Crippen LogP contribution is -2.15. The molecule has 0 saturated heterocycles. The first-order valence-electron chi connectivity index (χ1n) is 2.08. The van der Waals surface area contributed by atoms with Crippen molar-refractivity contribution >= 4 is 23.5 Å². The molecule has 0 unspecified atom stereocenters. The van der Waals surface area contributed by atoms with Gasteiger partial charge in [-0.15, -0.1) is 0 Å². The Bertz CT molecular complexity index is 209. The summed E-state index contributed by atoms with van der Waals surface area (Å²) in [7, 11) is 0. The third kappa shape index (κ3) is 1.20. The summed E-state index contributed by atoms with van der Waals surface area (Å²) in [5.74, 6) is -0.475. The first-order chi connectivity index (χ1) is 4.20. The van der Waals surface area contributed by atoms with Crippen LogP contribution in [0.4, 0.5) is 4.79 Å². The maximum atomic E-state index is 10.2. The molecule has 0 fully saturated rings. The Morgan fingerprint density at radius 1 is 1.67 bits per heavy atom. The SMILES string of the molecule is O=C1[N]C=C(Cl)C(O)=N1. The maximum Gasteiger partial charge on any atom is 0.370 e. The van der Waals surface area contributed by atoms with Gasteiger partial charge in [0.25, 0.3) is 0 Å². The number of aliphatic imine (C=N–C) groups is 1. The number of carbonyl (C=O) groups excluding carboxylic acids is 1. The fraction of sp³-hybridized carbons (Fsp3) is 0. The van der Waals surface area contributed by atoms with Crippen LogP contribution in [0.3, 0.4) is 0 Å². The van der Waals surface area contributed by atoms with Gasteiger partial charge in [-0.25, -0.2) is 4.79 Å². The molecule has 4 nitrogen and oxygen atoms in total. The van der Waals surface area contributed by atoms with Crippen LogP contribution in [0.25, 0.3) is 0 Å². The Balaban J connectivity index is 2.87. The highest BCUT2D eigenvalue weighted by Crippen LogP contribution is 2.05. The molecular weight excluding hydrogens is 144 g/mol. The molecule has 0 aliphatic carbocycles. The normalized spacial score (nSPS) is 18.1. The molecule has 0 spiro atoms. The topological polar surface area (TPSA) is 63.8 Å². The molecule has 47 valence electrons. The first-order valence-corrected chi connectivity index (χ1v) is 2.46. The monoisotopic (exact) mass is 145 g/mol. The van der Waals surface area contributed by atoms with Gasteiger partial charge in [0, 0.05) is 0 Å². The van der Waals surface area contributed by atoms with Gasteiger partial charge in [0.15, 0.2) is 0 Å². The average Bonchev–Trinajstić information content (AvgIpc) is 1.80. The Kier molecular flexibility index (Phi) is 1.40. The molecule has 1 rings (SSSR count). The van der Waals surface area contributed by atoms with Crippen LogP contribution < -0.4 is 5.32 Å². The van der Waals surface area contributed by atoms with E-state index in [9.17, 15) is 4.79 Å². The fourth-order valence-electron chi connectivity index (χ4n) is 0.342. The summed E-state index contributed by atoms with van der Waals surface area (Å²) in [5, 5.41) is 11.8. The van der Waals surface area contributed by atoms with Crippen LogP contribution in [-0.4, -0.2) is 17.0 Å². The van der Waals surface area contributed by atoms with Crippen molar-refractivity contribution in [3.05, 3.63) is 11.2 Å². The van der Waals surface area contributed by atoms with E-state index in [0.29, 0.717) is 0 Å². The number of urea groups is 1. The van der Waals surface area contributed by atoms with Gasteiger partial charge in [0.05, 0.1) is 6.20 Å². The number of hydrogen-bond acceptors (Lipinski definition) is 1. The Morgan fingerprint density at radius 3 is 2.78 bits per heavy atom. The summed E-state index contributed by atoms with van der Waals surface area (Å²) in [6, 6.07) is -0.739. The Labute approximate surface area is 55.8 Å². The number of aliphatic hydroxyl groups is 1. The van der Waals surface area contributed by atoms with Crippen LogP contribution in [0.5, 0.6) is 0 Å². The summed E-state index contributed by atoms with van der Waals surface area (Å²) in [4.78, 5) is 13.2. The minimum absolute atomic E-state index is 0.0189. The van der Waals surface area contributed by atoms with Gasteiger partial charge >= 0.3 is 6.03 Å². The number of halogens is 1. The van der Waals surface area contributed by atoms with E-state index in [1.807, 2.05) is 0 Å². The second-order valence-electron chi connectivity index (χ2n) is 1.32. The van der Waals surface area contributed by atoms with E-state index < -0.39 is 11.9 Å². The van der Waals surface area contributed by atoms with E-state index in [2.05, 4.69) is 10.3 Å². The highest BCUT2D eigenvalue weighted by Gasteiger charge is 2.11. The van der Waals surface area contributed by atoms with Gasteiger partial charge in [-0.1, -0.05) is 11.6 Å². The highest BCUT2D eigenvalue weighted by molar-refractivity contribution is 6.42. The lowest BCUT2D eigenvalue weighted by molar-refractivity contribution is 0.251. The summed E-state index contributed by atoms with van der Waals surface area (Å²) >= 11 is 5.27. The van der Waals surface area contributed by atoms with E-state index in [4.69, 9.17) is 16.7 Å². The van der Waals surface area contributed by atoms with Gasteiger partial charge in [-0.3, -0.25) is 0 Å². The highest BCUT2D eigenvalue weighted by atomic mass is 35.5. The van der Waals surface area contributed by atoms with Crippen LogP contribution in [0, 0.1) is 0 Å². The second kappa shape index (κ2) is 2.06. The molecule has 0 atom stereocenters. The van der Waals surface area contributed by atoms with E-state index >= 15 is 0 Å². The zero-order valence-corrected chi connectivity index (χ0v) is 4.96. The fourth-order valence-corrected chi connectivity index (χ4v) is 0.434. The van der Waals surface area contributed by atoms with E-state index in [1.54, 1.807) is 0 Å². The van der Waals surface area contributed by atoms with Crippen LogP contribution in [-0.2, 0) is 0 Å². The number of aliphatic hydroxyl groups excluding tert-OH is 1. The molecule has 0 bridgehead atoms. The second-order valence-corrected chi connectivity index (χ2v) is 1.73. The Morgan fingerprint density at radius 2 is 2.33 bits per heavy atom. The molecule has 0 aromatic rings. The molecule has 5 heteroatoms. The summed E-state index contributed by atoms with van der Waals surface area (Å²) in [6.07, 6.45) is 1.05. The van der Waals surface area contributed by atoms with Crippen molar-refractivity contribution in [3.8, 4) is 0 Å². The predicted molar refractivity (Wildman–Crippen MR) is 31.5 cm³/mol. The number of hydrogen-bond donors (Lipinski definition) is 1. The quantitative estimate of drug-likeness (QED) is 0.547. The van der Waals surface area contributed by atoms with Gasteiger partial charge in [-0.05, 0) is 0 Å². The molecule has 1 aliphatic rings. The minimum Gasteiger partial charge on any atom is -0.492 e. The summed E-state index contributed by atoms with van der Waals surface area (Å²) in [5.41, 5.74) is 0. The van der Waals surface area contributed by atoms with Crippen molar-refractivity contribution in [1.82, 2.24) is 5.32 Å². The molecule has 2 amide bonds.